The maximum atomic E-state index is 12.6. The fourth-order valence-corrected chi connectivity index (χ4v) is 4.63. The van der Waals surface area contributed by atoms with Crippen LogP contribution in [0, 0.1) is 0 Å². The third-order valence-corrected chi connectivity index (χ3v) is 6.40. The normalized spacial score (nSPS) is 12.6. The molecule has 0 saturated carbocycles. The molecule has 0 aliphatic carbocycles. The van der Waals surface area contributed by atoms with Gasteiger partial charge < -0.3 is 24.3 Å². The van der Waals surface area contributed by atoms with Crippen LogP contribution < -0.4 is 14.8 Å². The van der Waals surface area contributed by atoms with E-state index in [4.69, 9.17) is 9.47 Å². The molecule has 0 bridgehead atoms. The van der Waals surface area contributed by atoms with Gasteiger partial charge in [0.05, 0.1) is 5.75 Å². The Hall–Kier alpha value is -3.13. The lowest BCUT2D eigenvalue weighted by molar-refractivity contribution is -0.131. The van der Waals surface area contributed by atoms with Crippen LogP contribution in [0.25, 0.3) is 10.9 Å². The lowest BCUT2D eigenvalue weighted by Crippen LogP contribution is -2.33. The van der Waals surface area contributed by atoms with Crippen LogP contribution in [0.5, 0.6) is 11.5 Å². The van der Waals surface area contributed by atoms with E-state index >= 15 is 0 Å². The number of anilines is 1. The number of ether oxygens (including phenoxy) is 2. The van der Waals surface area contributed by atoms with Crippen LogP contribution >= 0.6 is 11.8 Å². The number of hydrogen-bond donors (Lipinski definition) is 1. The maximum absolute atomic E-state index is 12.6. The largest absolute Gasteiger partial charge is 0.486 e. The molecule has 1 N–H and O–H groups in total. The van der Waals surface area contributed by atoms with E-state index in [9.17, 15) is 9.59 Å². The number of para-hydroxylation sites is 1. The second kappa shape index (κ2) is 9.99. The van der Waals surface area contributed by atoms with E-state index in [1.54, 1.807) is 18.2 Å². The lowest BCUT2D eigenvalue weighted by Gasteiger charge is -2.19. The Kier molecular flexibility index (Phi) is 6.90. The average molecular weight is 454 g/mol. The molecular weight excluding hydrogens is 426 g/mol. The number of benzene rings is 2. The molecule has 2 amide bonds. The first-order valence-electron chi connectivity index (χ1n) is 10.8. The first kappa shape index (κ1) is 22.1. The zero-order valence-corrected chi connectivity index (χ0v) is 19.1. The van der Waals surface area contributed by atoms with Gasteiger partial charge in [-0.1, -0.05) is 18.2 Å². The number of carbonyl (C=O) groups is 2. The molecule has 0 spiro atoms. The summed E-state index contributed by atoms with van der Waals surface area (Å²) in [6.45, 7) is 6.66. The molecule has 1 aromatic heterocycles. The van der Waals surface area contributed by atoms with Crippen LogP contribution in [0.4, 0.5) is 5.69 Å². The van der Waals surface area contributed by atoms with Gasteiger partial charge in [-0.3, -0.25) is 9.59 Å². The van der Waals surface area contributed by atoms with Crippen molar-refractivity contribution >= 4 is 40.2 Å². The Balaban J connectivity index is 1.44. The predicted molar refractivity (Wildman–Crippen MR) is 127 cm³/mol. The maximum Gasteiger partial charge on any atom is 0.242 e. The topological polar surface area (TPSA) is 72.8 Å². The highest BCUT2D eigenvalue weighted by Gasteiger charge is 2.16. The van der Waals surface area contributed by atoms with E-state index in [1.165, 1.54) is 11.8 Å². The summed E-state index contributed by atoms with van der Waals surface area (Å²) in [7, 11) is 0. The first-order chi connectivity index (χ1) is 15.6. The Morgan fingerprint density at radius 1 is 1.06 bits per heavy atom. The molecule has 7 nitrogen and oxygen atoms in total. The van der Waals surface area contributed by atoms with E-state index in [0.717, 1.165) is 15.8 Å². The number of nitrogens with zero attached hydrogens (tertiary/aromatic N) is 2. The zero-order valence-electron chi connectivity index (χ0n) is 18.3. The summed E-state index contributed by atoms with van der Waals surface area (Å²) in [6.07, 6.45) is 1.97. The van der Waals surface area contributed by atoms with Crippen LogP contribution in [-0.4, -0.2) is 53.3 Å². The number of hydrogen-bond acceptors (Lipinski definition) is 5. The van der Waals surface area contributed by atoms with Crippen molar-refractivity contribution in [3.63, 3.8) is 0 Å². The van der Waals surface area contributed by atoms with Crippen LogP contribution in [0.3, 0.4) is 0 Å². The molecule has 32 heavy (non-hydrogen) atoms. The van der Waals surface area contributed by atoms with Gasteiger partial charge in [-0.05, 0) is 32.0 Å². The Bertz CT molecular complexity index is 1120. The number of aromatic nitrogens is 1. The van der Waals surface area contributed by atoms with Gasteiger partial charge in [0.1, 0.15) is 19.8 Å². The molecule has 3 aromatic rings. The summed E-state index contributed by atoms with van der Waals surface area (Å²) in [5.74, 6) is 1.57. The quantitative estimate of drug-likeness (QED) is 0.522. The Morgan fingerprint density at radius 3 is 2.59 bits per heavy atom. The minimum absolute atomic E-state index is 0.0867. The molecule has 0 atom stereocenters. The highest BCUT2D eigenvalue weighted by atomic mass is 32.2. The lowest BCUT2D eigenvalue weighted by atomic mass is 10.2. The van der Waals surface area contributed by atoms with Crippen molar-refractivity contribution in [1.82, 2.24) is 9.47 Å². The average Bonchev–Trinajstić information content (AvgIpc) is 3.16. The number of nitrogens with one attached hydrogen (secondary N) is 1. The SMILES string of the molecule is CCN(CC)C(=O)Cn1cc(SCC(=O)Nc2ccc3c(c2)OCCO3)c2ccccc21. The van der Waals surface area contributed by atoms with E-state index in [-0.39, 0.29) is 24.1 Å². The second-order valence-corrected chi connectivity index (χ2v) is 8.42. The number of amides is 2. The first-order valence-corrected chi connectivity index (χ1v) is 11.8. The van der Waals surface area contributed by atoms with Crippen molar-refractivity contribution in [2.75, 3.05) is 37.4 Å². The number of rotatable bonds is 8. The smallest absolute Gasteiger partial charge is 0.242 e. The van der Waals surface area contributed by atoms with Crippen molar-refractivity contribution in [3.8, 4) is 11.5 Å². The fraction of sp³-hybridized carbons (Fsp3) is 0.333. The molecule has 0 radical (unpaired) electrons. The van der Waals surface area contributed by atoms with Crippen molar-refractivity contribution in [1.29, 1.82) is 0 Å². The number of likely N-dealkylation sites (N-methyl/N-ethyl adjacent to an activating group) is 1. The molecule has 2 heterocycles. The van der Waals surface area contributed by atoms with Crippen molar-refractivity contribution < 1.29 is 19.1 Å². The van der Waals surface area contributed by atoms with Gasteiger partial charge in [-0.2, -0.15) is 0 Å². The minimum Gasteiger partial charge on any atom is -0.486 e. The highest BCUT2D eigenvalue weighted by molar-refractivity contribution is 8.00. The highest BCUT2D eigenvalue weighted by Crippen LogP contribution is 2.33. The molecule has 0 fully saturated rings. The summed E-state index contributed by atoms with van der Waals surface area (Å²) in [4.78, 5) is 28.0. The van der Waals surface area contributed by atoms with Crippen LogP contribution in [-0.2, 0) is 16.1 Å². The van der Waals surface area contributed by atoms with Crippen LogP contribution in [0.1, 0.15) is 13.8 Å². The van der Waals surface area contributed by atoms with E-state index in [2.05, 4.69) is 5.32 Å². The molecule has 2 aromatic carbocycles. The van der Waals surface area contributed by atoms with E-state index < -0.39 is 0 Å². The fourth-order valence-electron chi connectivity index (χ4n) is 3.74. The van der Waals surface area contributed by atoms with Gasteiger partial charge in [-0.15, -0.1) is 11.8 Å². The van der Waals surface area contributed by atoms with Gasteiger partial charge in [0.15, 0.2) is 11.5 Å². The van der Waals surface area contributed by atoms with Crippen LogP contribution in [0.15, 0.2) is 53.6 Å². The van der Waals surface area contributed by atoms with E-state index in [1.807, 2.05) is 53.8 Å². The standard InChI is InChI=1S/C24H27N3O4S/c1-3-26(4-2)24(29)15-27-14-22(18-7-5-6-8-19(18)27)32-16-23(28)25-17-9-10-20-21(13-17)31-12-11-30-20/h5-10,13-14H,3-4,11-12,15-16H2,1-2H3,(H,25,28). The molecule has 1 aliphatic heterocycles. The zero-order chi connectivity index (χ0) is 22.5. The van der Waals surface area contributed by atoms with Crippen LogP contribution in [0.2, 0.25) is 0 Å². The molecule has 4 rings (SSSR count). The summed E-state index contributed by atoms with van der Waals surface area (Å²) in [5.41, 5.74) is 1.66. The monoisotopic (exact) mass is 453 g/mol. The van der Waals surface area contributed by atoms with Crippen molar-refractivity contribution in [3.05, 3.63) is 48.7 Å². The summed E-state index contributed by atoms with van der Waals surface area (Å²) >= 11 is 1.46. The van der Waals surface area contributed by atoms with E-state index in [0.29, 0.717) is 43.5 Å². The van der Waals surface area contributed by atoms with Crippen molar-refractivity contribution in [2.24, 2.45) is 0 Å². The van der Waals surface area contributed by atoms with Gasteiger partial charge in [0.25, 0.3) is 0 Å². The summed E-state index contributed by atoms with van der Waals surface area (Å²) in [6, 6.07) is 13.3. The molecule has 0 unspecified atom stereocenters. The number of thioether (sulfide) groups is 1. The Labute approximate surface area is 191 Å². The number of fused-ring (bicyclic) bond motifs is 2. The minimum atomic E-state index is -0.109. The van der Waals surface area contributed by atoms with Gasteiger partial charge in [-0.25, -0.2) is 0 Å². The molecule has 168 valence electrons. The van der Waals surface area contributed by atoms with Gasteiger partial charge in [0.2, 0.25) is 11.8 Å². The summed E-state index contributed by atoms with van der Waals surface area (Å²) in [5, 5.41) is 3.96. The molecule has 0 saturated heterocycles. The number of carbonyl (C=O) groups excluding carboxylic acids is 2. The summed E-state index contributed by atoms with van der Waals surface area (Å²) < 4.78 is 13.1. The Morgan fingerprint density at radius 2 is 1.81 bits per heavy atom. The molecule has 8 heteroatoms. The third-order valence-electron chi connectivity index (χ3n) is 5.36. The van der Waals surface area contributed by atoms with Gasteiger partial charge in [0, 0.05) is 46.8 Å². The predicted octanol–water partition coefficient (Wildman–Crippen LogP) is 4.01. The second-order valence-electron chi connectivity index (χ2n) is 7.40. The third kappa shape index (κ3) is 4.85. The molecular formula is C24H27N3O4S. The van der Waals surface area contributed by atoms with Crippen molar-refractivity contribution in [2.45, 2.75) is 25.3 Å². The molecule has 1 aliphatic rings. The van der Waals surface area contributed by atoms with Gasteiger partial charge >= 0.3 is 0 Å².